The summed E-state index contributed by atoms with van der Waals surface area (Å²) in [6.07, 6.45) is 3.19. The minimum Gasteiger partial charge on any atom is -0.331 e. The summed E-state index contributed by atoms with van der Waals surface area (Å²) in [7, 11) is 0. The van der Waals surface area contributed by atoms with Gasteiger partial charge in [-0.3, -0.25) is 4.79 Å². The maximum absolute atomic E-state index is 11.8. The highest BCUT2D eigenvalue weighted by Crippen LogP contribution is 2.16. The highest BCUT2D eigenvalue weighted by molar-refractivity contribution is 8.13. The molecule has 0 saturated carbocycles. The van der Waals surface area contributed by atoms with Gasteiger partial charge in [0, 0.05) is 49.0 Å². The van der Waals surface area contributed by atoms with Crippen molar-refractivity contribution < 1.29 is 4.79 Å². The van der Waals surface area contributed by atoms with Crippen molar-refractivity contribution in [3.63, 3.8) is 0 Å². The Morgan fingerprint density at radius 1 is 1.25 bits per heavy atom. The lowest BCUT2D eigenvalue weighted by Crippen LogP contribution is -2.31. The van der Waals surface area contributed by atoms with E-state index in [2.05, 4.69) is 9.97 Å². The molecule has 1 aromatic heterocycles. The van der Waals surface area contributed by atoms with Crippen molar-refractivity contribution in [1.29, 1.82) is 0 Å². The fourth-order valence-corrected chi connectivity index (χ4v) is 2.08. The van der Waals surface area contributed by atoms with Crippen molar-refractivity contribution >= 4 is 40.2 Å². The van der Waals surface area contributed by atoms with Crippen LogP contribution >= 0.6 is 35.0 Å². The molecule has 0 aromatic carbocycles. The van der Waals surface area contributed by atoms with Crippen molar-refractivity contribution in [2.24, 2.45) is 0 Å². The molecule has 0 saturated heterocycles. The largest absolute Gasteiger partial charge is 0.331 e. The first kappa shape index (κ1) is 13.5. The maximum atomic E-state index is 11.8. The van der Waals surface area contributed by atoms with Crippen LogP contribution < -0.4 is 0 Å². The fourth-order valence-electron chi connectivity index (χ4n) is 0.979. The molecule has 0 radical (unpaired) electrons. The molecule has 1 aromatic rings. The van der Waals surface area contributed by atoms with Crippen LogP contribution in [-0.4, -0.2) is 45.0 Å². The number of thioether (sulfide) groups is 1. The number of aromatic nitrogens is 2. The zero-order chi connectivity index (χ0) is 11.8. The predicted molar refractivity (Wildman–Crippen MR) is 66.3 cm³/mol. The van der Waals surface area contributed by atoms with Gasteiger partial charge >= 0.3 is 0 Å². The first-order chi connectivity index (χ1) is 7.77. The standard InChI is InChI=1S/C9H11Cl2N3OS/c10-2-6-14(7-3-11)9(15)16-8-12-4-1-5-13-8/h1,4-5H,2-3,6-7H2. The Morgan fingerprint density at radius 3 is 2.31 bits per heavy atom. The van der Waals surface area contributed by atoms with Gasteiger partial charge in [-0.2, -0.15) is 0 Å². The monoisotopic (exact) mass is 279 g/mol. The van der Waals surface area contributed by atoms with E-state index in [1.807, 2.05) is 0 Å². The quantitative estimate of drug-likeness (QED) is 0.472. The first-order valence-electron chi connectivity index (χ1n) is 4.63. The van der Waals surface area contributed by atoms with Crippen LogP contribution in [0.1, 0.15) is 0 Å². The Kier molecular flexibility index (Phi) is 6.52. The predicted octanol–water partition coefficient (Wildman–Crippen LogP) is 2.47. The van der Waals surface area contributed by atoms with E-state index >= 15 is 0 Å². The molecule has 0 aliphatic rings. The number of halogens is 2. The number of alkyl halides is 2. The molecule has 1 rings (SSSR count). The minimum absolute atomic E-state index is 0.132. The highest BCUT2D eigenvalue weighted by Gasteiger charge is 2.14. The number of hydrogen-bond donors (Lipinski definition) is 0. The summed E-state index contributed by atoms with van der Waals surface area (Å²) < 4.78 is 0. The Hall–Kier alpha value is -0.520. The summed E-state index contributed by atoms with van der Waals surface area (Å²) >= 11 is 12.2. The third kappa shape index (κ3) is 4.55. The van der Waals surface area contributed by atoms with E-state index in [-0.39, 0.29) is 5.24 Å². The van der Waals surface area contributed by atoms with Crippen LogP contribution in [0.3, 0.4) is 0 Å². The van der Waals surface area contributed by atoms with Crippen LogP contribution in [0.2, 0.25) is 0 Å². The average molecular weight is 280 g/mol. The Bertz CT molecular complexity index is 320. The van der Waals surface area contributed by atoms with Gasteiger partial charge in [-0.15, -0.1) is 23.2 Å². The summed E-state index contributed by atoms with van der Waals surface area (Å²) in [5, 5.41) is 0.300. The van der Waals surface area contributed by atoms with Crippen molar-refractivity contribution in [3.05, 3.63) is 18.5 Å². The van der Waals surface area contributed by atoms with Gasteiger partial charge in [-0.1, -0.05) is 0 Å². The van der Waals surface area contributed by atoms with E-state index in [4.69, 9.17) is 23.2 Å². The normalized spacial score (nSPS) is 10.1. The molecule has 0 unspecified atom stereocenters. The van der Waals surface area contributed by atoms with Gasteiger partial charge in [-0.05, 0) is 6.07 Å². The Morgan fingerprint density at radius 2 is 1.81 bits per heavy atom. The second-order valence-electron chi connectivity index (χ2n) is 2.76. The summed E-state index contributed by atoms with van der Waals surface area (Å²) in [5.74, 6) is 0.775. The summed E-state index contributed by atoms with van der Waals surface area (Å²) in [5.41, 5.74) is 0. The van der Waals surface area contributed by atoms with Crippen LogP contribution in [0, 0.1) is 0 Å². The minimum atomic E-state index is -0.132. The zero-order valence-electron chi connectivity index (χ0n) is 8.47. The molecule has 16 heavy (non-hydrogen) atoms. The average Bonchev–Trinajstić information content (AvgIpc) is 2.30. The van der Waals surface area contributed by atoms with Gasteiger partial charge in [0.25, 0.3) is 5.24 Å². The van der Waals surface area contributed by atoms with Crippen LogP contribution in [0.25, 0.3) is 0 Å². The van der Waals surface area contributed by atoms with E-state index < -0.39 is 0 Å². The van der Waals surface area contributed by atoms with Gasteiger partial charge in [0.05, 0.1) is 0 Å². The second kappa shape index (κ2) is 7.70. The zero-order valence-corrected chi connectivity index (χ0v) is 10.8. The number of carbonyl (C=O) groups excluding carboxylic acids is 1. The number of hydrogen-bond acceptors (Lipinski definition) is 4. The van der Waals surface area contributed by atoms with Crippen LogP contribution in [0.4, 0.5) is 4.79 Å². The van der Waals surface area contributed by atoms with E-state index in [1.165, 1.54) is 0 Å². The van der Waals surface area contributed by atoms with Gasteiger partial charge in [-0.25, -0.2) is 9.97 Å². The van der Waals surface area contributed by atoms with Crippen molar-refractivity contribution in [3.8, 4) is 0 Å². The first-order valence-corrected chi connectivity index (χ1v) is 6.52. The molecule has 4 nitrogen and oxygen atoms in total. The molecule has 7 heteroatoms. The fraction of sp³-hybridized carbons (Fsp3) is 0.444. The molecule has 0 spiro atoms. The molecule has 1 heterocycles. The Labute approximate surface area is 108 Å². The molecular weight excluding hydrogens is 269 g/mol. The summed E-state index contributed by atoms with van der Waals surface area (Å²) in [6, 6.07) is 1.70. The van der Waals surface area contributed by atoms with Gasteiger partial charge in [0.2, 0.25) is 0 Å². The van der Waals surface area contributed by atoms with Gasteiger partial charge < -0.3 is 4.90 Å². The lowest BCUT2D eigenvalue weighted by atomic mass is 10.6. The summed E-state index contributed by atoms with van der Waals surface area (Å²) in [6.45, 7) is 0.958. The van der Waals surface area contributed by atoms with Crippen LogP contribution in [0.5, 0.6) is 0 Å². The van der Waals surface area contributed by atoms with Crippen LogP contribution in [-0.2, 0) is 0 Å². The molecule has 0 aliphatic heterocycles. The third-order valence-electron chi connectivity index (χ3n) is 1.69. The smallest absolute Gasteiger partial charge is 0.289 e. The second-order valence-corrected chi connectivity index (χ2v) is 4.44. The third-order valence-corrected chi connectivity index (χ3v) is 2.85. The molecule has 88 valence electrons. The highest BCUT2D eigenvalue weighted by atomic mass is 35.5. The lowest BCUT2D eigenvalue weighted by molar-refractivity contribution is 0.229. The summed E-state index contributed by atoms with van der Waals surface area (Å²) in [4.78, 5) is 21.3. The number of carbonyl (C=O) groups is 1. The lowest BCUT2D eigenvalue weighted by Gasteiger charge is -2.18. The number of amides is 1. The topological polar surface area (TPSA) is 46.1 Å². The number of rotatable bonds is 5. The molecule has 1 amide bonds. The Balaban J connectivity index is 2.55. The maximum Gasteiger partial charge on any atom is 0.289 e. The SMILES string of the molecule is O=C(Sc1ncccn1)N(CCCl)CCCl. The molecule has 0 N–H and O–H groups in total. The van der Waals surface area contributed by atoms with Gasteiger partial charge in [0.15, 0.2) is 5.16 Å². The molecular formula is C9H11Cl2N3OS. The van der Waals surface area contributed by atoms with Crippen molar-refractivity contribution in [2.45, 2.75) is 5.16 Å². The van der Waals surface area contributed by atoms with E-state index in [1.54, 1.807) is 23.4 Å². The van der Waals surface area contributed by atoms with Crippen LogP contribution in [0.15, 0.2) is 23.6 Å². The molecule has 0 fully saturated rings. The molecule has 0 aliphatic carbocycles. The molecule has 0 atom stereocenters. The van der Waals surface area contributed by atoms with Crippen molar-refractivity contribution in [2.75, 3.05) is 24.8 Å². The number of nitrogens with zero attached hydrogens (tertiary/aromatic N) is 3. The molecule has 0 bridgehead atoms. The van der Waals surface area contributed by atoms with Gasteiger partial charge in [0.1, 0.15) is 0 Å². The van der Waals surface area contributed by atoms with Crippen molar-refractivity contribution in [1.82, 2.24) is 14.9 Å². The van der Waals surface area contributed by atoms with E-state index in [0.717, 1.165) is 11.8 Å². The van der Waals surface area contributed by atoms with E-state index in [9.17, 15) is 4.79 Å². The van der Waals surface area contributed by atoms with E-state index in [0.29, 0.717) is 30.0 Å².